The molecule has 1 aliphatic rings. The van der Waals surface area contributed by atoms with Crippen molar-refractivity contribution >= 4 is 24.0 Å². The van der Waals surface area contributed by atoms with Gasteiger partial charge < -0.3 is 21.3 Å². The van der Waals surface area contributed by atoms with Gasteiger partial charge in [0.25, 0.3) is 5.78 Å². The van der Waals surface area contributed by atoms with Crippen LogP contribution in [0.25, 0.3) is 5.53 Å². The van der Waals surface area contributed by atoms with E-state index in [-0.39, 0.29) is 12.3 Å². The van der Waals surface area contributed by atoms with Gasteiger partial charge in [-0.05, 0) is 6.42 Å². The molecule has 8 nitrogen and oxygen atoms in total. The SMILES string of the molecule is [N-]=[N+]=CC(=O)[C@H](C[C@@H]1CCNC1=O)OC(N)=O. The summed E-state index contributed by atoms with van der Waals surface area (Å²) in [5, 5.41) is 2.59. The molecular weight excluding hydrogens is 228 g/mol. The van der Waals surface area contributed by atoms with Crippen LogP contribution in [0.2, 0.25) is 0 Å². The zero-order valence-corrected chi connectivity index (χ0v) is 8.96. The molecule has 1 aliphatic heterocycles. The van der Waals surface area contributed by atoms with Crippen LogP contribution in [0.15, 0.2) is 0 Å². The van der Waals surface area contributed by atoms with Crippen molar-refractivity contribution < 1.29 is 23.9 Å². The fraction of sp³-hybridized carbons (Fsp3) is 0.556. The van der Waals surface area contributed by atoms with Crippen molar-refractivity contribution in [3.8, 4) is 0 Å². The highest BCUT2D eigenvalue weighted by atomic mass is 16.6. The van der Waals surface area contributed by atoms with E-state index in [1.54, 1.807) is 0 Å². The predicted molar refractivity (Wildman–Crippen MR) is 54.9 cm³/mol. The largest absolute Gasteiger partial charge is 0.438 e. The van der Waals surface area contributed by atoms with Crippen molar-refractivity contribution in [1.82, 2.24) is 5.32 Å². The van der Waals surface area contributed by atoms with Gasteiger partial charge in [-0.25, -0.2) is 4.79 Å². The summed E-state index contributed by atoms with van der Waals surface area (Å²) >= 11 is 0. The Hall–Kier alpha value is -2.21. The number of nitrogens with zero attached hydrogens (tertiary/aromatic N) is 2. The molecule has 1 heterocycles. The maximum absolute atomic E-state index is 11.4. The number of hydrogen-bond donors (Lipinski definition) is 2. The maximum atomic E-state index is 11.4. The molecule has 0 spiro atoms. The minimum atomic E-state index is -1.20. The van der Waals surface area contributed by atoms with Crippen molar-refractivity contribution in [2.24, 2.45) is 11.7 Å². The first-order valence-electron chi connectivity index (χ1n) is 4.99. The second-order valence-corrected chi connectivity index (χ2v) is 3.58. The summed E-state index contributed by atoms with van der Waals surface area (Å²) in [6, 6.07) is 0. The lowest BCUT2D eigenvalue weighted by Crippen LogP contribution is -2.34. The van der Waals surface area contributed by atoms with Gasteiger partial charge in [0.15, 0.2) is 6.10 Å². The Kier molecular flexibility index (Phi) is 4.36. The standard InChI is InChI=1S/C9H12N4O4/c10-9(16)17-7(6(14)4-13-11)3-5-1-2-12-8(5)15/h4-5,7H,1-3H2,(H2,10,16)(H,12,15)/t5-,7-/m0/s1. The highest BCUT2D eigenvalue weighted by molar-refractivity contribution is 6.27. The van der Waals surface area contributed by atoms with Gasteiger partial charge >= 0.3 is 12.3 Å². The monoisotopic (exact) mass is 240 g/mol. The summed E-state index contributed by atoms with van der Waals surface area (Å²) in [4.78, 5) is 35.9. The summed E-state index contributed by atoms with van der Waals surface area (Å²) in [5.74, 6) is -1.32. The van der Waals surface area contributed by atoms with E-state index in [4.69, 9.17) is 11.3 Å². The molecule has 2 atom stereocenters. The Bertz CT molecular complexity index is 388. The van der Waals surface area contributed by atoms with Gasteiger partial charge in [0.2, 0.25) is 5.91 Å². The third-order valence-electron chi connectivity index (χ3n) is 2.42. The van der Waals surface area contributed by atoms with Crippen LogP contribution < -0.4 is 11.1 Å². The van der Waals surface area contributed by atoms with E-state index in [9.17, 15) is 14.4 Å². The third kappa shape index (κ3) is 3.69. The highest BCUT2D eigenvalue weighted by Crippen LogP contribution is 2.18. The van der Waals surface area contributed by atoms with Gasteiger partial charge in [0, 0.05) is 18.9 Å². The van der Waals surface area contributed by atoms with Crippen molar-refractivity contribution in [2.75, 3.05) is 6.54 Å². The molecule has 0 unspecified atom stereocenters. The second-order valence-electron chi connectivity index (χ2n) is 3.58. The number of Topliss-reactive ketones (excluding diaryl/α,β-unsaturated/α-hetero) is 1. The molecule has 0 radical (unpaired) electrons. The number of carbonyl (C=O) groups excluding carboxylic acids is 3. The first-order chi connectivity index (χ1) is 8.04. The average molecular weight is 240 g/mol. The molecule has 2 amide bonds. The molecule has 3 N–H and O–H groups in total. The predicted octanol–water partition coefficient (Wildman–Crippen LogP) is -1.15. The Morgan fingerprint density at radius 2 is 2.41 bits per heavy atom. The Morgan fingerprint density at radius 3 is 2.88 bits per heavy atom. The Balaban J connectivity index is 2.68. The van der Waals surface area contributed by atoms with E-state index in [1.165, 1.54) is 0 Å². The minimum absolute atomic E-state index is 0.0274. The molecule has 8 heteroatoms. The molecule has 0 aromatic heterocycles. The molecule has 92 valence electrons. The summed E-state index contributed by atoms with van der Waals surface area (Å²) < 4.78 is 4.58. The van der Waals surface area contributed by atoms with Gasteiger partial charge in [0.05, 0.1) is 0 Å². The number of primary amides is 1. The number of ketones is 1. The molecular formula is C9H12N4O4. The van der Waals surface area contributed by atoms with Gasteiger partial charge in [-0.3, -0.25) is 9.59 Å². The van der Waals surface area contributed by atoms with Crippen molar-refractivity contribution in [3.05, 3.63) is 5.53 Å². The number of amides is 2. The van der Waals surface area contributed by atoms with E-state index in [0.29, 0.717) is 19.2 Å². The summed E-state index contributed by atoms with van der Waals surface area (Å²) in [6.45, 7) is 0.523. The zero-order valence-electron chi connectivity index (χ0n) is 8.96. The first-order valence-corrected chi connectivity index (χ1v) is 4.99. The molecule has 0 bridgehead atoms. The molecule has 0 saturated carbocycles. The second kappa shape index (κ2) is 5.76. The van der Waals surface area contributed by atoms with Crippen molar-refractivity contribution in [3.63, 3.8) is 0 Å². The van der Waals surface area contributed by atoms with Crippen LogP contribution in [-0.4, -0.2) is 41.4 Å². The Morgan fingerprint density at radius 1 is 1.71 bits per heavy atom. The van der Waals surface area contributed by atoms with E-state index in [0.717, 1.165) is 0 Å². The number of ether oxygens (including phenoxy) is 1. The van der Waals surface area contributed by atoms with Crippen LogP contribution in [0.5, 0.6) is 0 Å². The molecule has 0 aromatic rings. The lowest BCUT2D eigenvalue weighted by Gasteiger charge is -2.14. The first kappa shape index (κ1) is 12.9. The third-order valence-corrected chi connectivity index (χ3v) is 2.42. The normalized spacial score (nSPS) is 20.0. The lowest BCUT2D eigenvalue weighted by molar-refractivity contribution is -0.127. The van der Waals surface area contributed by atoms with E-state index in [1.807, 2.05) is 0 Å². The molecule has 1 fully saturated rings. The maximum Gasteiger partial charge on any atom is 0.405 e. The smallest absolute Gasteiger partial charge is 0.405 e. The number of carbonyl (C=O) groups is 3. The van der Waals surface area contributed by atoms with Gasteiger partial charge in [-0.2, -0.15) is 4.79 Å². The average Bonchev–Trinajstić information content (AvgIpc) is 2.63. The van der Waals surface area contributed by atoms with Crippen LogP contribution in [0.4, 0.5) is 4.79 Å². The molecule has 1 rings (SSSR count). The molecule has 0 aromatic carbocycles. The van der Waals surface area contributed by atoms with E-state index >= 15 is 0 Å². The molecule has 17 heavy (non-hydrogen) atoms. The zero-order chi connectivity index (χ0) is 12.8. The highest BCUT2D eigenvalue weighted by Gasteiger charge is 2.32. The van der Waals surface area contributed by atoms with Crippen LogP contribution >= 0.6 is 0 Å². The van der Waals surface area contributed by atoms with Crippen LogP contribution in [-0.2, 0) is 14.3 Å². The fourth-order valence-electron chi connectivity index (χ4n) is 1.63. The van der Waals surface area contributed by atoms with Gasteiger partial charge in [0.1, 0.15) is 0 Å². The van der Waals surface area contributed by atoms with Crippen LogP contribution in [0.3, 0.4) is 0 Å². The minimum Gasteiger partial charge on any atom is -0.438 e. The van der Waals surface area contributed by atoms with E-state index < -0.39 is 23.9 Å². The summed E-state index contributed by atoms with van der Waals surface area (Å²) in [5.41, 5.74) is 13.0. The summed E-state index contributed by atoms with van der Waals surface area (Å²) in [6.07, 6.45) is -1.12. The van der Waals surface area contributed by atoms with Gasteiger partial charge in [-0.1, -0.05) is 0 Å². The van der Waals surface area contributed by atoms with Crippen molar-refractivity contribution in [1.29, 1.82) is 0 Å². The lowest BCUT2D eigenvalue weighted by atomic mass is 9.98. The number of hydrogen-bond acceptors (Lipinski definition) is 4. The van der Waals surface area contributed by atoms with E-state index in [2.05, 4.69) is 14.8 Å². The molecule has 1 saturated heterocycles. The van der Waals surface area contributed by atoms with Crippen LogP contribution in [0, 0.1) is 5.92 Å². The summed E-state index contributed by atoms with van der Waals surface area (Å²) in [7, 11) is 0. The number of rotatable bonds is 5. The topological polar surface area (TPSA) is 135 Å². The van der Waals surface area contributed by atoms with Gasteiger partial charge in [-0.15, -0.1) is 0 Å². The number of nitrogens with two attached hydrogens (primary N) is 1. The molecule has 0 aliphatic carbocycles. The van der Waals surface area contributed by atoms with Crippen molar-refractivity contribution in [2.45, 2.75) is 18.9 Å². The quantitative estimate of drug-likeness (QED) is 0.356. The fourth-order valence-corrected chi connectivity index (χ4v) is 1.63. The Labute approximate surface area is 96.7 Å². The number of nitrogens with one attached hydrogen (secondary N) is 1. The van der Waals surface area contributed by atoms with Crippen LogP contribution in [0.1, 0.15) is 12.8 Å².